The Balaban J connectivity index is 2.35. The van der Waals surface area contributed by atoms with Crippen molar-refractivity contribution in [2.75, 3.05) is 36.6 Å². The van der Waals surface area contributed by atoms with Gasteiger partial charge in [-0.1, -0.05) is 13.8 Å². The lowest BCUT2D eigenvalue weighted by Gasteiger charge is -2.23. The maximum atomic E-state index is 11.7. The second kappa shape index (κ2) is 6.16. The number of thioether (sulfide) groups is 1. The molecular formula is C14H19N3O2S2. The Kier molecular flexibility index (Phi) is 4.69. The Labute approximate surface area is 133 Å². The van der Waals surface area contributed by atoms with Crippen LogP contribution in [0, 0.1) is 11.3 Å². The molecule has 2 N–H and O–H groups in total. The fourth-order valence-corrected chi connectivity index (χ4v) is 4.47. The van der Waals surface area contributed by atoms with E-state index in [1.54, 1.807) is 0 Å². The molecule has 1 fully saturated rings. The van der Waals surface area contributed by atoms with Gasteiger partial charge in [-0.15, -0.1) is 11.3 Å². The number of esters is 1. The molecule has 7 heteroatoms. The zero-order chi connectivity index (χ0) is 15.6. The van der Waals surface area contributed by atoms with Crippen LogP contribution in [0.5, 0.6) is 0 Å². The van der Waals surface area contributed by atoms with Crippen LogP contribution in [0.15, 0.2) is 0 Å². The number of nitrogens with zero attached hydrogens (tertiary/aromatic N) is 2. The fourth-order valence-electron chi connectivity index (χ4n) is 2.23. The average Bonchev–Trinajstić information content (AvgIpc) is 2.66. The third-order valence-corrected chi connectivity index (χ3v) is 6.15. The van der Waals surface area contributed by atoms with Crippen molar-refractivity contribution >= 4 is 39.8 Å². The molecule has 1 aromatic heterocycles. The van der Waals surface area contributed by atoms with Crippen LogP contribution in [0.25, 0.3) is 0 Å². The van der Waals surface area contributed by atoms with Gasteiger partial charge in [-0.3, -0.25) is 0 Å². The number of carbonyl (C=O) groups excluding carboxylic acids is 1. The molecule has 1 saturated heterocycles. The lowest BCUT2D eigenvalue weighted by atomic mass is 10.1. The van der Waals surface area contributed by atoms with Gasteiger partial charge in [0.25, 0.3) is 0 Å². The van der Waals surface area contributed by atoms with Crippen LogP contribution in [0.2, 0.25) is 0 Å². The van der Waals surface area contributed by atoms with Crippen molar-refractivity contribution in [2.24, 2.45) is 0 Å². The Morgan fingerprint density at radius 2 is 2.19 bits per heavy atom. The van der Waals surface area contributed by atoms with Gasteiger partial charge in [-0.2, -0.15) is 17.0 Å². The predicted molar refractivity (Wildman–Crippen MR) is 88.2 cm³/mol. The molecule has 0 unspecified atom stereocenters. The number of methoxy groups -OCH3 is 1. The van der Waals surface area contributed by atoms with Crippen molar-refractivity contribution in [1.82, 2.24) is 0 Å². The lowest BCUT2D eigenvalue weighted by molar-refractivity contribution is 0.0607. The molecule has 1 aromatic rings. The minimum atomic E-state index is -0.482. The van der Waals surface area contributed by atoms with Crippen molar-refractivity contribution in [3.63, 3.8) is 0 Å². The standard InChI is InChI=1S/C14H19N3O2S2/c1-14(2)4-5-17(6-7-20-14)12-9(8-15)10(16)11(21-12)13(18)19-3/h4-7,16H2,1-3H3. The van der Waals surface area contributed by atoms with Gasteiger partial charge in [-0.05, 0) is 6.42 Å². The van der Waals surface area contributed by atoms with Crippen LogP contribution in [-0.4, -0.2) is 36.7 Å². The first-order chi connectivity index (χ1) is 9.89. The molecular weight excluding hydrogens is 306 g/mol. The van der Waals surface area contributed by atoms with E-state index in [0.29, 0.717) is 10.4 Å². The Morgan fingerprint density at radius 1 is 1.48 bits per heavy atom. The predicted octanol–water partition coefficient (Wildman–Crippen LogP) is 2.71. The number of carbonyl (C=O) groups is 1. The summed E-state index contributed by atoms with van der Waals surface area (Å²) in [6.45, 7) is 6.17. The topological polar surface area (TPSA) is 79.3 Å². The minimum absolute atomic E-state index is 0.232. The molecule has 0 aliphatic carbocycles. The number of thiophene rings is 1. The van der Waals surface area contributed by atoms with E-state index < -0.39 is 5.97 Å². The van der Waals surface area contributed by atoms with E-state index in [9.17, 15) is 10.1 Å². The fraction of sp³-hybridized carbons (Fsp3) is 0.571. The summed E-state index contributed by atoms with van der Waals surface area (Å²) in [6.07, 6.45) is 1.02. The zero-order valence-electron chi connectivity index (χ0n) is 12.4. The summed E-state index contributed by atoms with van der Waals surface area (Å²) in [6, 6.07) is 2.13. The number of nitriles is 1. The van der Waals surface area contributed by atoms with E-state index in [1.165, 1.54) is 18.4 Å². The lowest BCUT2D eigenvalue weighted by Crippen LogP contribution is -2.26. The van der Waals surface area contributed by atoms with Crippen LogP contribution in [-0.2, 0) is 4.74 Å². The average molecular weight is 325 g/mol. The summed E-state index contributed by atoms with van der Waals surface area (Å²) < 4.78 is 4.97. The molecule has 0 spiro atoms. The van der Waals surface area contributed by atoms with E-state index in [2.05, 4.69) is 24.8 Å². The van der Waals surface area contributed by atoms with E-state index in [0.717, 1.165) is 30.3 Å². The molecule has 2 heterocycles. The first-order valence-corrected chi connectivity index (χ1v) is 8.49. The maximum Gasteiger partial charge on any atom is 0.350 e. The summed E-state index contributed by atoms with van der Waals surface area (Å²) in [7, 11) is 1.32. The van der Waals surface area contributed by atoms with Gasteiger partial charge in [0.2, 0.25) is 0 Å². The largest absolute Gasteiger partial charge is 0.465 e. The molecule has 114 valence electrons. The number of nitrogen functional groups attached to an aromatic ring is 1. The van der Waals surface area contributed by atoms with Crippen molar-refractivity contribution < 1.29 is 9.53 Å². The van der Waals surface area contributed by atoms with Crippen LogP contribution >= 0.6 is 23.1 Å². The van der Waals surface area contributed by atoms with Gasteiger partial charge in [0.15, 0.2) is 0 Å². The molecule has 0 atom stereocenters. The third-order valence-electron chi connectivity index (χ3n) is 3.53. The molecule has 0 saturated carbocycles. The molecule has 0 aromatic carbocycles. The number of nitrogens with two attached hydrogens (primary N) is 1. The maximum absolute atomic E-state index is 11.7. The van der Waals surface area contributed by atoms with Gasteiger partial charge in [0.1, 0.15) is 21.5 Å². The van der Waals surface area contributed by atoms with Crippen molar-refractivity contribution in [3.8, 4) is 6.07 Å². The van der Waals surface area contributed by atoms with Crippen LogP contribution in [0.4, 0.5) is 10.7 Å². The molecule has 0 radical (unpaired) electrons. The zero-order valence-corrected chi connectivity index (χ0v) is 14.1. The molecule has 21 heavy (non-hydrogen) atoms. The van der Waals surface area contributed by atoms with Crippen LogP contribution < -0.4 is 10.6 Å². The smallest absolute Gasteiger partial charge is 0.350 e. The molecule has 2 rings (SSSR count). The first-order valence-electron chi connectivity index (χ1n) is 6.69. The summed E-state index contributed by atoms with van der Waals surface area (Å²) in [5.41, 5.74) is 6.58. The van der Waals surface area contributed by atoms with Gasteiger partial charge in [-0.25, -0.2) is 4.79 Å². The monoisotopic (exact) mass is 325 g/mol. The summed E-state index contributed by atoms with van der Waals surface area (Å²) in [5, 5.41) is 10.1. The number of ether oxygens (including phenoxy) is 1. The van der Waals surface area contributed by atoms with Gasteiger partial charge >= 0.3 is 5.97 Å². The van der Waals surface area contributed by atoms with Crippen molar-refractivity contribution in [1.29, 1.82) is 5.26 Å². The van der Waals surface area contributed by atoms with Crippen LogP contribution in [0.1, 0.15) is 35.5 Å². The first kappa shape index (κ1) is 16.0. The van der Waals surface area contributed by atoms with E-state index in [1.807, 2.05) is 11.8 Å². The molecule has 1 aliphatic rings. The Bertz CT molecular complexity index is 590. The Morgan fingerprint density at radius 3 is 2.81 bits per heavy atom. The van der Waals surface area contributed by atoms with Crippen LogP contribution in [0.3, 0.4) is 0 Å². The second-order valence-corrected chi connectivity index (χ2v) is 8.27. The summed E-state index contributed by atoms with van der Waals surface area (Å²) in [4.78, 5) is 14.2. The Hall–Kier alpha value is -1.39. The second-order valence-electron chi connectivity index (χ2n) is 5.47. The SMILES string of the molecule is COC(=O)c1sc(N2CCSC(C)(C)CC2)c(C#N)c1N. The molecule has 1 aliphatic heterocycles. The minimum Gasteiger partial charge on any atom is -0.465 e. The van der Waals surface area contributed by atoms with Gasteiger partial charge in [0, 0.05) is 23.6 Å². The highest BCUT2D eigenvalue weighted by Gasteiger charge is 2.29. The number of rotatable bonds is 2. The summed E-state index contributed by atoms with van der Waals surface area (Å²) >= 11 is 3.19. The molecule has 5 nitrogen and oxygen atoms in total. The number of hydrogen-bond acceptors (Lipinski definition) is 7. The number of anilines is 2. The van der Waals surface area contributed by atoms with Gasteiger partial charge < -0.3 is 15.4 Å². The highest BCUT2D eigenvalue weighted by atomic mass is 32.2. The molecule has 0 amide bonds. The molecule has 0 bridgehead atoms. The van der Waals surface area contributed by atoms with E-state index in [-0.39, 0.29) is 10.4 Å². The third kappa shape index (κ3) is 3.27. The number of hydrogen-bond donors (Lipinski definition) is 1. The highest BCUT2D eigenvalue weighted by Crippen LogP contribution is 2.40. The quantitative estimate of drug-likeness (QED) is 0.842. The summed E-state index contributed by atoms with van der Waals surface area (Å²) in [5.74, 6) is 0.508. The van der Waals surface area contributed by atoms with E-state index >= 15 is 0 Å². The van der Waals surface area contributed by atoms with E-state index in [4.69, 9.17) is 10.5 Å². The van der Waals surface area contributed by atoms with Crippen molar-refractivity contribution in [3.05, 3.63) is 10.4 Å². The van der Waals surface area contributed by atoms with Gasteiger partial charge in [0.05, 0.1) is 12.8 Å². The van der Waals surface area contributed by atoms with Crippen molar-refractivity contribution in [2.45, 2.75) is 25.0 Å². The highest BCUT2D eigenvalue weighted by molar-refractivity contribution is 8.00. The normalized spacial score (nSPS) is 17.9.